The van der Waals surface area contributed by atoms with Gasteiger partial charge in [-0.05, 0) is 65.4 Å². The van der Waals surface area contributed by atoms with E-state index in [0.717, 1.165) is 43.4 Å². The molecule has 0 radical (unpaired) electrons. The second-order valence-corrected chi connectivity index (χ2v) is 12.9. The molecule has 0 aromatic heterocycles. The van der Waals surface area contributed by atoms with Crippen LogP contribution in [0.3, 0.4) is 0 Å². The van der Waals surface area contributed by atoms with E-state index in [9.17, 15) is 15.0 Å². The minimum Gasteiger partial charge on any atom is -0.458 e. The van der Waals surface area contributed by atoms with Gasteiger partial charge >= 0.3 is 5.97 Å². The van der Waals surface area contributed by atoms with Crippen molar-refractivity contribution < 1.29 is 19.7 Å². The van der Waals surface area contributed by atoms with E-state index in [4.69, 9.17) is 4.74 Å². The van der Waals surface area contributed by atoms with Crippen LogP contribution in [-0.4, -0.2) is 58.0 Å². The molecule has 13 atom stereocenters. The number of carbonyl (C=O) groups excluding carboxylic acids is 1. The van der Waals surface area contributed by atoms with Crippen molar-refractivity contribution in [2.24, 2.45) is 39.9 Å². The number of nitrogens with zero attached hydrogens (tertiary/aromatic N) is 1. The molecule has 3 heterocycles. The molecule has 6 saturated carbocycles. The van der Waals surface area contributed by atoms with Crippen LogP contribution < -0.4 is 0 Å². The fourth-order valence-corrected chi connectivity index (χ4v) is 11.7. The SMILES string of the molecule is C=C1CC23CC4C5C6(C)CC(O)CC57C(C2C(OC(=O)C=Cc2ccccc2)C1C(O)C37)N4C6. The topological polar surface area (TPSA) is 70.0 Å². The van der Waals surface area contributed by atoms with Crippen molar-refractivity contribution in [1.29, 1.82) is 0 Å². The Hall–Kier alpha value is -1.95. The van der Waals surface area contributed by atoms with Crippen molar-refractivity contribution in [2.75, 3.05) is 6.54 Å². The first-order chi connectivity index (χ1) is 16.3. The van der Waals surface area contributed by atoms with Gasteiger partial charge in [0.05, 0.1) is 12.2 Å². The van der Waals surface area contributed by atoms with Crippen molar-refractivity contribution >= 4 is 12.0 Å². The number of hydrogen-bond donors (Lipinski definition) is 2. The molecule has 9 bridgehead atoms. The maximum absolute atomic E-state index is 13.1. The first-order valence-electron chi connectivity index (χ1n) is 13.0. The Balaban J connectivity index is 1.21. The summed E-state index contributed by atoms with van der Waals surface area (Å²) < 4.78 is 6.27. The van der Waals surface area contributed by atoms with Crippen LogP contribution in [0.1, 0.15) is 38.2 Å². The highest BCUT2D eigenvalue weighted by Gasteiger charge is 2.90. The second-order valence-electron chi connectivity index (χ2n) is 12.9. The molecule has 5 heteroatoms. The number of hydrogen-bond acceptors (Lipinski definition) is 5. The van der Waals surface area contributed by atoms with Gasteiger partial charge in [-0.2, -0.15) is 0 Å². The van der Waals surface area contributed by atoms with Crippen LogP contribution in [0.2, 0.25) is 0 Å². The Morgan fingerprint density at radius 1 is 1.18 bits per heavy atom. The fourth-order valence-electron chi connectivity index (χ4n) is 11.7. The number of aliphatic hydroxyl groups excluding tert-OH is 2. The zero-order chi connectivity index (χ0) is 23.2. The van der Waals surface area contributed by atoms with E-state index >= 15 is 0 Å². The van der Waals surface area contributed by atoms with E-state index in [-0.39, 0.29) is 52.2 Å². The number of benzene rings is 1. The molecule has 178 valence electrons. The van der Waals surface area contributed by atoms with Gasteiger partial charge in [-0.1, -0.05) is 49.4 Å². The first-order valence-corrected chi connectivity index (χ1v) is 13.0. The van der Waals surface area contributed by atoms with Crippen LogP contribution >= 0.6 is 0 Å². The second kappa shape index (κ2) is 6.05. The Labute approximate surface area is 200 Å². The molecule has 3 saturated heterocycles. The van der Waals surface area contributed by atoms with Crippen LogP contribution in [0.25, 0.3) is 6.08 Å². The molecular formula is C29H33NO4. The van der Waals surface area contributed by atoms with Gasteiger partial charge in [0.25, 0.3) is 0 Å². The molecule has 34 heavy (non-hydrogen) atoms. The lowest BCUT2D eigenvalue weighted by Crippen LogP contribution is -2.68. The molecule has 2 N–H and O–H groups in total. The number of rotatable bonds is 3. The van der Waals surface area contributed by atoms with Crippen LogP contribution in [-0.2, 0) is 9.53 Å². The number of carbonyl (C=O) groups is 1. The maximum atomic E-state index is 13.1. The van der Waals surface area contributed by atoms with Crippen molar-refractivity contribution in [3.8, 4) is 0 Å². The summed E-state index contributed by atoms with van der Waals surface area (Å²) in [5.41, 5.74) is 2.04. The predicted octanol–water partition coefficient (Wildman–Crippen LogP) is 3.03. The summed E-state index contributed by atoms with van der Waals surface area (Å²) >= 11 is 0. The highest BCUT2D eigenvalue weighted by Crippen LogP contribution is 2.87. The molecule has 1 aromatic carbocycles. The molecule has 1 aromatic rings. The normalized spacial score (nSPS) is 57.1. The Morgan fingerprint density at radius 2 is 1.97 bits per heavy atom. The monoisotopic (exact) mass is 459 g/mol. The fraction of sp³-hybridized carbons (Fsp3) is 0.621. The third kappa shape index (κ3) is 2.02. The summed E-state index contributed by atoms with van der Waals surface area (Å²) in [6, 6.07) is 10.6. The van der Waals surface area contributed by atoms with Crippen molar-refractivity contribution in [1.82, 2.24) is 4.90 Å². The summed E-state index contributed by atoms with van der Waals surface area (Å²) in [5, 5.41) is 23.0. The van der Waals surface area contributed by atoms with Crippen LogP contribution in [0, 0.1) is 39.9 Å². The van der Waals surface area contributed by atoms with Gasteiger partial charge in [0.1, 0.15) is 6.10 Å². The third-order valence-electron chi connectivity index (χ3n) is 11.6. The molecule has 0 amide bonds. The molecule has 9 aliphatic rings. The minimum absolute atomic E-state index is 0.0516. The Kier molecular flexibility index (Phi) is 3.61. The van der Waals surface area contributed by atoms with Gasteiger partial charge in [-0.3, -0.25) is 4.90 Å². The molecule has 2 spiro atoms. The number of aliphatic hydroxyl groups is 2. The van der Waals surface area contributed by atoms with Crippen molar-refractivity contribution in [2.45, 2.75) is 63.0 Å². The summed E-state index contributed by atoms with van der Waals surface area (Å²) in [5.74, 6) is 0.402. The van der Waals surface area contributed by atoms with Crippen molar-refractivity contribution in [3.05, 3.63) is 54.1 Å². The number of piperidine rings is 2. The lowest BCUT2D eigenvalue weighted by molar-refractivity contribution is -0.220. The lowest BCUT2D eigenvalue weighted by atomic mass is 9.39. The summed E-state index contributed by atoms with van der Waals surface area (Å²) in [6.45, 7) is 7.81. The Morgan fingerprint density at radius 3 is 2.76 bits per heavy atom. The third-order valence-corrected chi connectivity index (χ3v) is 11.6. The molecule has 5 nitrogen and oxygen atoms in total. The summed E-state index contributed by atoms with van der Waals surface area (Å²) in [6.07, 6.45) is 5.83. The number of ether oxygens (including phenoxy) is 1. The van der Waals surface area contributed by atoms with E-state index in [1.807, 2.05) is 30.3 Å². The average Bonchev–Trinajstić information content (AvgIpc) is 3.21. The van der Waals surface area contributed by atoms with E-state index in [2.05, 4.69) is 18.4 Å². The molecule has 9 fully saturated rings. The van der Waals surface area contributed by atoms with Gasteiger partial charge < -0.3 is 14.9 Å². The molecule has 6 aliphatic carbocycles. The number of esters is 1. The largest absolute Gasteiger partial charge is 0.458 e. The van der Waals surface area contributed by atoms with Gasteiger partial charge in [-0.25, -0.2) is 4.79 Å². The van der Waals surface area contributed by atoms with E-state index in [1.54, 1.807) is 6.08 Å². The molecular weight excluding hydrogens is 426 g/mol. The van der Waals surface area contributed by atoms with E-state index in [1.165, 1.54) is 6.08 Å². The lowest BCUT2D eigenvalue weighted by Gasteiger charge is -2.66. The zero-order valence-corrected chi connectivity index (χ0v) is 19.6. The van der Waals surface area contributed by atoms with Gasteiger partial charge in [0.2, 0.25) is 0 Å². The minimum atomic E-state index is -0.547. The molecule has 13 unspecified atom stereocenters. The smallest absolute Gasteiger partial charge is 0.331 e. The molecule has 10 rings (SSSR count). The van der Waals surface area contributed by atoms with Gasteiger partial charge in [-0.15, -0.1) is 0 Å². The van der Waals surface area contributed by atoms with Crippen LogP contribution in [0.4, 0.5) is 0 Å². The van der Waals surface area contributed by atoms with Crippen LogP contribution in [0.5, 0.6) is 0 Å². The summed E-state index contributed by atoms with van der Waals surface area (Å²) in [4.78, 5) is 15.8. The standard InChI is InChI=1S/C29H33NO4/c1-15-10-28-13-18-24-27(2)11-17(31)12-29(24)25(28)22(33)20(15)23(21(28)26(29)30(18)14-27)34-19(32)9-8-16-6-4-3-5-7-16/h3-9,17-18,20-26,31,33H,1,10-14H2,2H3. The van der Waals surface area contributed by atoms with Crippen molar-refractivity contribution in [3.63, 3.8) is 0 Å². The first kappa shape index (κ1) is 20.3. The van der Waals surface area contributed by atoms with Crippen LogP contribution in [0.15, 0.2) is 48.6 Å². The summed E-state index contributed by atoms with van der Waals surface area (Å²) in [7, 11) is 0. The van der Waals surface area contributed by atoms with E-state index in [0.29, 0.717) is 18.0 Å². The zero-order valence-electron chi connectivity index (χ0n) is 19.6. The average molecular weight is 460 g/mol. The van der Waals surface area contributed by atoms with Gasteiger partial charge in [0, 0.05) is 36.5 Å². The van der Waals surface area contributed by atoms with E-state index < -0.39 is 6.10 Å². The molecule has 3 aliphatic heterocycles. The highest BCUT2D eigenvalue weighted by molar-refractivity contribution is 5.87. The highest BCUT2D eigenvalue weighted by atomic mass is 16.5. The Bertz CT molecular complexity index is 1150. The quantitative estimate of drug-likeness (QED) is 0.413. The maximum Gasteiger partial charge on any atom is 0.331 e. The number of fused-ring (bicyclic) bond motifs is 1. The van der Waals surface area contributed by atoms with Gasteiger partial charge in [0.15, 0.2) is 0 Å². The predicted molar refractivity (Wildman–Crippen MR) is 126 cm³/mol.